The summed E-state index contributed by atoms with van der Waals surface area (Å²) in [5.74, 6) is -0.334. The monoisotopic (exact) mass is 169 g/mol. The summed E-state index contributed by atoms with van der Waals surface area (Å²) < 4.78 is 0. The predicted octanol–water partition coefficient (Wildman–Crippen LogP) is 0.217. The zero-order valence-electron chi connectivity index (χ0n) is 6.79. The van der Waals surface area contributed by atoms with Crippen LogP contribution in [0.15, 0.2) is 6.20 Å². The van der Waals surface area contributed by atoms with Crippen molar-refractivity contribution in [3.63, 3.8) is 0 Å². The summed E-state index contributed by atoms with van der Waals surface area (Å²) in [5.41, 5.74) is 0.128. The van der Waals surface area contributed by atoms with Gasteiger partial charge in [-0.05, 0) is 6.54 Å². The molecule has 1 aromatic heterocycles. The number of carbonyl (C=O) groups is 1. The topological polar surface area (TPSA) is 78.0 Å². The molecule has 0 unspecified atom stereocenters. The summed E-state index contributed by atoms with van der Waals surface area (Å²) in [5, 5.41) is 11.6. The number of imidazole rings is 1. The fraction of sp³-hybridized carbons (Fsp3) is 0.429. The smallest absolute Gasteiger partial charge is 0.353 e. The molecule has 0 saturated carbocycles. The standard InChI is InChI=1S/C7H11N3O2/c1-2-8-4-6-9-3-5(10-6)7(11)12/h3,8H,2,4H2,1H3,(H,9,10)(H,11,12). The highest BCUT2D eigenvalue weighted by atomic mass is 16.4. The van der Waals surface area contributed by atoms with Crippen LogP contribution in [0.3, 0.4) is 0 Å². The van der Waals surface area contributed by atoms with Crippen molar-refractivity contribution in [1.82, 2.24) is 15.3 Å². The molecule has 1 aromatic rings. The van der Waals surface area contributed by atoms with Gasteiger partial charge in [0.1, 0.15) is 11.5 Å². The zero-order valence-corrected chi connectivity index (χ0v) is 6.79. The Morgan fingerprint density at radius 2 is 2.58 bits per heavy atom. The Labute approximate surface area is 69.8 Å². The normalized spacial score (nSPS) is 10.1. The van der Waals surface area contributed by atoms with Gasteiger partial charge in [-0.15, -0.1) is 0 Å². The van der Waals surface area contributed by atoms with Crippen molar-refractivity contribution in [3.05, 3.63) is 17.7 Å². The first-order valence-corrected chi connectivity index (χ1v) is 3.72. The summed E-state index contributed by atoms with van der Waals surface area (Å²) in [7, 11) is 0. The van der Waals surface area contributed by atoms with E-state index in [1.807, 2.05) is 6.92 Å². The second kappa shape index (κ2) is 3.87. The number of rotatable bonds is 4. The van der Waals surface area contributed by atoms with Crippen molar-refractivity contribution in [3.8, 4) is 0 Å². The minimum Gasteiger partial charge on any atom is -0.477 e. The molecule has 0 bridgehead atoms. The van der Waals surface area contributed by atoms with E-state index >= 15 is 0 Å². The molecule has 0 fully saturated rings. The van der Waals surface area contributed by atoms with Gasteiger partial charge < -0.3 is 15.4 Å². The number of H-pyrrole nitrogens is 1. The van der Waals surface area contributed by atoms with Gasteiger partial charge in [0.2, 0.25) is 0 Å². The Balaban J connectivity index is 2.58. The molecule has 0 aliphatic heterocycles. The minimum atomic E-state index is -0.981. The van der Waals surface area contributed by atoms with Crippen LogP contribution >= 0.6 is 0 Å². The second-order valence-electron chi connectivity index (χ2n) is 2.33. The lowest BCUT2D eigenvalue weighted by Gasteiger charge is -1.95. The van der Waals surface area contributed by atoms with Crippen molar-refractivity contribution >= 4 is 5.97 Å². The zero-order chi connectivity index (χ0) is 8.97. The van der Waals surface area contributed by atoms with Gasteiger partial charge in [0.05, 0.1) is 12.7 Å². The van der Waals surface area contributed by atoms with Crippen molar-refractivity contribution in [2.24, 2.45) is 0 Å². The molecule has 1 rings (SSSR count). The molecule has 0 aliphatic carbocycles. The Bertz CT molecular complexity index is 269. The number of aromatic amines is 1. The molecule has 0 atom stereocenters. The number of nitrogens with zero attached hydrogens (tertiary/aromatic N) is 1. The van der Waals surface area contributed by atoms with Gasteiger partial charge >= 0.3 is 5.97 Å². The number of hydrogen-bond acceptors (Lipinski definition) is 3. The molecular weight excluding hydrogens is 158 g/mol. The van der Waals surface area contributed by atoms with Crippen LogP contribution in [0, 0.1) is 0 Å². The summed E-state index contributed by atoms with van der Waals surface area (Å²) in [4.78, 5) is 16.9. The molecule has 0 radical (unpaired) electrons. The summed E-state index contributed by atoms with van der Waals surface area (Å²) in [6.45, 7) is 3.38. The number of hydrogen-bond donors (Lipinski definition) is 3. The van der Waals surface area contributed by atoms with Crippen molar-refractivity contribution in [2.45, 2.75) is 13.5 Å². The van der Waals surface area contributed by atoms with Crippen LogP contribution in [0.4, 0.5) is 0 Å². The van der Waals surface area contributed by atoms with Gasteiger partial charge in [-0.2, -0.15) is 0 Å². The average Bonchev–Trinajstić information content (AvgIpc) is 2.48. The SMILES string of the molecule is CCNCc1ncc(C(=O)O)[nH]1. The second-order valence-corrected chi connectivity index (χ2v) is 2.33. The van der Waals surface area contributed by atoms with Crippen LogP contribution in [0.1, 0.15) is 23.2 Å². The third-order valence-corrected chi connectivity index (χ3v) is 1.40. The van der Waals surface area contributed by atoms with Gasteiger partial charge in [0.25, 0.3) is 0 Å². The van der Waals surface area contributed by atoms with Crippen LogP contribution < -0.4 is 5.32 Å². The molecule has 3 N–H and O–H groups in total. The molecule has 5 nitrogen and oxygen atoms in total. The number of carboxylic acids is 1. The van der Waals surface area contributed by atoms with E-state index < -0.39 is 5.97 Å². The number of nitrogens with one attached hydrogen (secondary N) is 2. The highest BCUT2D eigenvalue weighted by Gasteiger charge is 2.05. The Kier molecular flexibility index (Phi) is 2.82. The van der Waals surface area contributed by atoms with Gasteiger partial charge in [-0.25, -0.2) is 9.78 Å². The summed E-state index contributed by atoms with van der Waals surface area (Å²) >= 11 is 0. The molecule has 5 heteroatoms. The maximum Gasteiger partial charge on any atom is 0.353 e. The fourth-order valence-corrected chi connectivity index (χ4v) is 0.804. The highest BCUT2D eigenvalue weighted by Crippen LogP contribution is 1.95. The van der Waals surface area contributed by atoms with Crippen LogP contribution in [0.5, 0.6) is 0 Å². The average molecular weight is 169 g/mol. The molecular formula is C7H11N3O2. The Hall–Kier alpha value is -1.36. The summed E-state index contributed by atoms with van der Waals surface area (Å²) in [6, 6.07) is 0. The third-order valence-electron chi connectivity index (χ3n) is 1.40. The fourth-order valence-electron chi connectivity index (χ4n) is 0.804. The van der Waals surface area contributed by atoms with Crippen LogP contribution in [0.25, 0.3) is 0 Å². The van der Waals surface area contributed by atoms with E-state index in [9.17, 15) is 4.79 Å². The first kappa shape index (κ1) is 8.73. The minimum absolute atomic E-state index is 0.128. The van der Waals surface area contributed by atoms with Gasteiger partial charge in [-0.3, -0.25) is 0 Å². The molecule has 0 saturated heterocycles. The molecule has 1 heterocycles. The lowest BCUT2D eigenvalue weighted by molar-refractivity contribution is 0.0691. The molecule has 0 aromatic carbocycles. The lowest BCUT2D eigenvalue weighted by Crippen LogP contribution is -2.13. The first-order chi connectivity index (χ1) is 5.74. The largest absolute Gasteiger partial charge is 0.477 e. The van der Waals surface area contributed by atoms with Crippen molar-refractivity contribution in [1.29, 1.82) is 0 Å². The van der Waals surface area contributed by atoms with E-state index in [2.05, 4.69) is 15.3 Å². The van der Waals surface area contributed by atoms with Crippen LogP contribution in [-0.4, -0.2) is 27.6 Å². The highest BCUT2D eigenvalue weighted by molar-refractivity contribution is 5.84. The lowest BCUT2D eigenvalue weighted by atomic mass is 10.5. The Morgan fingerprint density at radius 1 is 1.83 bits per heavy atom. The molecule has 66 valence electrons. The van der Waals surface area contributed by atoms with E-state index in [0.29, 0.717) is 12.4 Å². The number of aromatic nitrogens is 2. The molecule has 0 amide bonds. The van der Waals surface area contributed by atoms with E-state index in [1.54, 1.807) is 0 Å². The third kappa shape index (κ3) is 2.06. The first-order valence-electron chi connectivity index (χ1n) is 3.72. The maximum atomic E-state index is 10.4. The van der Waals surface area contributed by atoms with E-state index in [4.69, 9.17) is 5.11 Å². The van der Waals surface area contributed by atoms with Gasteiger partial charge in [-0.1, -0.05) is 6.92 Å². The Morgan fingerprint density at radius 3 is 3.08 bits per heavy atom. The van der Waals surface area contributed by atoms with Crippen molar-refractivity contribution in [2.75, 3.05) is 6.54 Å². The summed E-state index contributed by atoms with van der Waals surface area (Å²) in [6.07, 6.45) is 1.31. The predicted molar refractivity (Wildman–Crippen MR) is 42.9 cm³/mol. The molecule has 12 heavy (non-hydrogen) atoms. The number of carboxylic acid groups (broad SMARTS) is 1. The van der Waals surface area contributed by atoms with Gasteiger partial charge in [0, 0.05) is 0 Å². The van der Waals surface area contributed by atoms with Crippen LogP contribution in [0.2, 0.25) is 0 Å². The maximum absolute atomic E-state index is 10.4. The molecule has 0 spiro atoms. The van der Waals surface area contributed by atoms with Crippen LogP contribution in [-0.2, 0) is 6.54 Å². The molecule has 0 aliphatic rings. The van der Waals surface area contributed by atoms with E-state index in [0.717, 1.165) is 6.54 Å². The van der Waals surface area contributed by atoms with Gasteiger partial charge in [0.15, 0.2) is 0 Å². The quantitative estimate of drug-likeness (QED) is 0.602. The van der Waals surface area contributed by atoms with Crippen molar-refractivity contribution < 1.29 is 9.90 Å². The number of aromatic carboxylic acids is 1. The van der Waals surface area contributed by atoms with E-state index in [-0.39, 0.29) is 5.69 Å². The van der Waals surface area contributed by atoms with E-state index in [1.165, 1.54) is 6.20 Å².